The average Bonchev–Trinajstić information content (AvgIpc) is 2.94. The number of hydrogen-bond acceptors (Lipinski definition) is 2. The van der Waals surface area contributed by atoms with Crippen molar-refractivity contribution in [1.82, 2.24) is 4.90 Å². The van der Waals surface area contributed by atoms with Gasteiger partial charge in [-0.3, -0.25) is 4.79 Å². The highest BCUT2D eigenvalue weighted by atomic mass is 16.2. The fourth-order valence-corrected chi connectivity index (χ4v) is 1.50. The third-order valence-electron chi connectivity index (χ3n) is 2.40. The minimum Gasteiger partial charge on any atom is -0.338 e. The van der Waals surface area contributed by atoms with E-state index in [1.807, 2.05) is 11.0 Å². The molecule has 1 saturated carbocycles. The first-order chi connectivity index (χ1) is 6.56. The van der Waals surface area contributed by atoms with Crippen molar-refractivity contribution in [2.75, 3.05) is 6.54 Å². The molecule has 1 fully saturated rings. The first kappa shape index (κ1) is 11.0. The molecule has 1 amide bonds. The second-order valence-electron chi connectivity index (χ2n) is 4.47. The second-order valence-corrected chi connectivity index (χ2v) is 4.47. The quantitative estimate of drug-likeness (QED) is 0.685. The van der Waals surface area contributed by atoms with Crippen LogP contribution >= 0.6 is 0 Å². The van der Waals surface area contributed by atoms with Gasteiger partial charge in [0.25, 0.3) is 0 Å². The normalized spacial score (nSPS) is 17.6. The molecule has 3 nitrogen and oxygen atoms in total. The molecule has 0 N–H and O–H groups in total. The maximum Gasteiger partial charge on any atom is 0.239 e. The van der Waals surface area contributed by atoms with E-state index in [0.717, 1.165) is 19.4 Å². The Hall–Kier alpha value is -1.04. The van der Waals surface area contributed by atoms with Crippen LogP contribution in [0.3, 0.4) is 0 Å². The van der Waals surface area contributed by atoms with Crippen LogP contribution < -0.4 is 0 Å². The standard InChI is InChI=1S/C11H18N2O/c1-8(2)7-13(10-4-5-10)11(14)9(3)6-12/h8-10H,4-5,7H2,1-3H3. The van der Waals surface area contributed by atoms with E-state index in [9.17, 15) is 4.79 Å². The van der Waals surface area contributed by atoms with Gasteiger partial charge in [0.1, 0.15) is 5.92 Å². The Balaban J connectivity index is 2.58. The van der Waals surface area contributed by atoms with Gasteiger partial charge < -0.3 is 4.90 Å². The zero-order valence-electron chi connectivity index (χ0n) is 9.16. The number of carbonyl (C=O) groups excluding carboxylic acids is 1. The zero-order chi connectivity index (χ0) is 10.7. The summed E-state index contributed by atoms with van der Waals surface area (Å²) < 4.78 is 0. The lowest BCUT2D eigenvalue weighted by molar-refractivity contribution is -0.134. The predicted octanol–water partition coefficient (Wildman–Crippen LogP) is 1.79. The molecule has 0 heterocycles. The van der Waals surface area contributed by atoms with Crippen LogP contribution in [-0.4, -0.2) is 23.4 Å². The maximum atomic E-state index is 11.8. The van der Waals surface area contributed by atoms with Crippen molar-refractivity contribution in [1.29, 1.82) is 5.26 Å². The van der Waals surface area contributed by atoms with Crippen molar-refractivity contribution < 1.29 is 4.79 Å². The molecule has 1 aliphatic rings. The smallest absolute Gasteiger partial charge is 0.239 e. The molecule has 0 aromatic heterocycles. The van der Waals surface area contributed by atoms with E-state index in [1.54, 1.807) is 6.92 Å². The Labute approximate surface area is 85.7 Å². The third kappa shape index (κ3) is 2.73. The highest BCUT2D eigenvalue weighted by Crippen LogP contribution is 2.28. The third-order valence-corrected chi connectivity index (χ3v) is 2.40. The van der Waals surface area contributed by atoms with Gasteiger partial charge in [-0.2, -0.15) is 5.26 Å². The molecule has 1 aliphatic carbocycles. The fraction of sp³-hybridized carbons (Fsp3) is 0.818. The average molecular weight is 194 g/mol. The largest absolute Gasteiger partial charge is 0.338 e. The van der Waals surface area contributed by atoms with Gasteiger partial charge in [-0.15, -0.1) is 0 Å². The Morgan fingerprint density at radius 2 is 2.07 bits per heavy atom. The van der Waals surface area contributed by atoms with Crippen molar-refractivity contribution in [3.8, 4) is 6.07 Å². The Morgan fingerprint density at radius 1 is 1.50 bits per heavy atom. The van der Waals surface area contributed by atoms with Crippen molar-refractivity contribution in [3.05, 3.63) is 0 Å². The van der Waals surface area contributed by atoms with Gasteiger partial charge in [-0.25, -0.2) is 0 Å². The van der Waals surface area contributed by atoms with Gasteiger partial charge in [-0.1, -0.05) is 13.8 Å². The van der Waals surface area contributed by atoms with E-state index >= 15 is 0 Å². The van der Waals surface area contributed by atoms with Crippen molar-refractivity contribution in [3.63, 3.8) is 0 Å². The molecular formula is C11H18N2O. The lowest BCUT2D eigenvalue weighted by Gasteiger charge is -2.25. The van der Waals surface area contributed by atoms with Crippen LogP contribution in [0.1, 0.15) is 33.6 Å². The van der Waals surface area contributed by atoms with E-state index < -0.39 is 5.92 Å². The highest BCUT2D eigenvalue weighted by Gasteiger charge is 2.34. The molecule has 0 radical (unpaired) electrons. The number of carbonyl (C=O) groups is 1. The van der Waals surface area contributed by atoms with E-state index in [2.05, 4.69) is 13.8 Å². The molecule has 1 atom stereocenters. The molecule has 0 bridgehead atoms. The predicted molar refractivity (Wildman–Crippen MR) is 54.4 cm³/mol. The molecule has 0 aliphatic heterocycles. The van der Waals surface area contributed by atoms with Gasteiger partial charge in [0.05, 0.1) is 6.07 Å². The number of hydrogen-bond donors (Lipinski definition) is 0. The molecule has 0 aromatic carbocycles. The molecule has 0 spiro atoms. The lowest BCUT2D eigenvalue weighted by atomic mass is 10.1. The summed E-state index contributed by atoms with van der Waals surface area (Å²) in [5.41, 5.74) is 0. The topological polar surface area (TPSA) is 44.1 Å². The summed E-state index contributed by atoms with van der Waals surface area (Å²) in [5.74, 6) is -0.0107. The van der Waals surface area contributed by atoms with Gasteiger partial charge >= 0.3 is 0 Å². The number of rotatable bonds is 4. The van der Waals surface area contributed by atoms with Crippen LogP contribution in [0.15, 0.2) is 0 Å². The molecule has 1 unspecified atom stereocenters. The monoisotopic (exact) mass is 194 g/mol. The molecular weight excluding hydrogens is 176 g/mol. The van der Waals surface area contributed by atoms with Gasteiger partial charge in [0.15, 0.2) is 0 Å². The van der Waals surface area contributed by atoms with Crippen LogP contribution in [0, 0.1) is 23.2 Å². The number of nitrogens with zero attached hydrogens (tertiary/aromatic N) is 2. The highest BCUT2D eigenvalue weighted by molar-refractivity contribution is 5.81. The first-order valence-corrected chi connectivity index (χ1v) is 5.26. The molecule has 1 rings (SSSR count). The van der Waals surface area contributed by atoms with Crippen molar-refractivity contribution >= 4 is 5.91 Å². The van der Waals surface area contributed by atoms with Crippen LogP contribution in [0.5, 0.6) is 0 Å². The summed E-state index contributed by atoms with van der Waals surface area (Å²) in [6.07, 6.45) is 2.22. The first-order valence-electron chi connectivity index (χ1n) is 5.26. The molecule has 0 aromatic rings. The molecule has 14 heavy (non-hydrogen) atoms. The molecule has 3 heteroatoms. The Morgan fingerprint density at radius 3 is 2.43 bits per heavy atom. The van der Waals surface area contributed by atoms with Gasteiger partial charge in [0.2, 0.25) is 5.91 Å². The van der Waals surface area contributed by atoms with E-state index in [1.165, 1.54) is 0 Å². The van der Waals surface area contributed by atoms with Gasteiger partial charge in [-0.05, 0) is 25.7 Å². The summed E-state index contributed by atoms with van der Waals surface area (Å²) in [6, 6.07) is 2.43. The zero-order valence-corrected chi connectivity index (χ0v) is 9.16. The fourth-order valence-electron chi connectivity index (χ4n) is 1.50. The van der Waals surface area contributed by atoms with E-state index in [0.29, 0.717) is 12.0 Å². The van der Waals surface area contributed by atoms with Crippen molar-refractivity contribution in [2.24, 2.45) is 11.8 Å². The number of amides is 1. The SMILES string of the molecule is CC(C)CN(C(=O)C(C)C#N)C1CC1. The van der Waals surface area contributed by atoms with Crippen LogP contribution in [0.25, 0.3) is 0 Å². The summed E-state index contributed by atoms with van der Waals surface area (Å²) in [5, 5.41) is 8.69. The minimum atomic E-state index is -0.491. The maximum absolute atomic E-state index is 11.8. The summed E-state index contributed by atoms with van der Waals surface area (Å²) >= 11 is 0. The Kier molecular flexibility index (Phi) is 3.51. The number of nitriles is 1. The van der Waals surface area contributed by atoms with E-state index in [4.69, 9.17) is 5.26 Å². The summed E-state index contributed by atoms with van der Waals surface area (Å²) in [7, 11) is 0. The van der Waals surface area contributed by atoms with Crippen molar-refractivity contribution in [2.45, 2.75) is 39.7 Å². The van der Waals surface area contributed by atoms with Crippen LogP contribution in [0.4, 0.5) is 0 Å². The Bertz CT molecular complexity index is 251. The van der Waals surface area contributed by atoms with E-state index in [-0.39, 0.29) is 5.91 Å². The summed E-state index contributed by atoms with van der Waals surface area (Å²) in [6.45, 7) is 6.66. The minimum absolute atomic E-state index is 0.00343. The molecule has 0 saturated heterocycles. The molecule has 78 valence electrons. The van der Waals surface area contributed by atoms with Crippen LogP contribution in [0.2, 0.25) is 0 Å². The second kappa shape index (κ2) is 4.45. The van der Waals surface area contributed by atoms with Crippen LogP contribution in [-0.2, 0) is 4.79 Å². The van der Waals surface area contributed by atoms with Gasteiger partial charge in [0, 0.05) is 12.6 Å². The summed E-state index contributed by atoms with van der Waals surface area (Å²) in [4.78, 5) is 13.7. The lowest BCUT2D eigenvalue weighted by Crippen LogP contribution is -2.39.